The maximum absolute atomic E-state index is 12.5. The van der Waals surface area contributed by atoms with Gasteiger partial charge in [0.1, 0.15) is 5.75 Å². The Morgan fingerprint density at radius 3 is 2.37 bits per heavy atom. The predicted octanol–water partition coefficient (Wildman–Crippen LogP) is 5.08. The third-order valence-electron chi connectivity index (χ3n) is 3.73. The molecule has 140 valence electrons. The summed E-state index contributed by atoms with van der Waals surface area (Å²) in [5, 5.41) is 5.71. The minimum atomic E-state index is -3.75. The molecule has 3 rings (SSSR count). The first-order valence-electron chi connectivity index (χ1n) is 8.06. The van der Waals surface area contributed by atoms with Gasteiger partial charge >= 0.3 is 0 Å². The van der Waals surface area contributed by atoms with E-state index in [-0.39, 0.29) is 4.90 Å². The van der Waals surface area contributed by atoms with E-state index in [4.69, 9.17) is 4.74 Å². The van der Waals surface area contributed by atoms with Gasteiger partial charge in [0.05, 0.1) is 26.7 Å². The molecule has 0 amide bonds. The molecule has 0 aliphatic rings. The van der Waals surface area contributed by atoms with Gasteiger partial charge in [-0.15, -0.1) is 0 Å². The van der Waals surface area contributed by atoms with Crippen LogP contribution in [0.25, 0.3) is 10.8 Å². The zero-order chi connectivity index (χ0) is 19.4. The quantitative estimate of drug-likeness (QED) is 0.371. The molecule has 0 aliphatic heterocycles. The van der Waals surface area contributed by atoms with Gasteiger partial charge in [-0.2, -0.15) is 13.5 Å². The lowest BCUT2D eigenvalue weighted by molar-refractivity contribution is 0.336. The molecule has 0 unspecified atom stereocenters. The van der Waals surface area contributed by atoms with Crippen molar-refractivity contribution in [1.29, 1.82) is 0 Å². The molecule has 0 saturated carbocycles. The van der Waals surface area contributed by atoms with Crippen molar-refractivity contribution in [2.75, 3.05) is 6.61 Å². The molecule has 3 aromatic rings. The number of rotatable bonds is 6. The van der Waals surface area contributed by atoms with Crippen LogP contribution in [0.15, 0.2) is 73.5 Å². The molecular formula is C19H16Br2N2O3S. The van der Waals surface area contributed by atoms with E-state index in [0.29, 0.717) is 17.9 Å². The van der Waals surface area contributed by atoms with Gasteiger partial charge < -0.3 is 4.74 Å². The van der Waals surface area contributed by atoms with Crippen LogP contribution in [0.4, 0.5) is 0 Å². The van der Waals surface area contributed by atoms with Gasteiger partial charge in [0.15, 0.2) is 0 Å². The number of hydrazone groups is 1. The van der Waals surface area contributed by atoms with Crippen molar-refractivity contribution in [2.45, 2.75) is 11.8 Å². The standard InChI is InChI=1S/C19H16Br2N2O3S/c1-2-26-19-17(20)9-13(10-18(19)21)12-22-23-27(24,25)16-8-7-14-5-3-4-6-15(14)11-16/h3-12,23H,2H2,1H3. The second-order valence-electron chi connectivity index (χ2n) is 5.61. The first-order valence-corrected chi connectivity index (χ1v) is 11.1. The molecule has 0 bridgehead atoms. The van der Waals surface area contributed by atoms with Crippen molar-refractivity contribution in [3.05, 3.63) is 69.1 Å². The Morgan fingerprint density at radius 2 is 1.70 bits per heavy atom. The Hall–Kier alpha value is -1.90. The maximum Gasteiger partial charge on any atom is 0.276 e. The molecular weight excluding hydrogens is 496 g/mol. The minimum Gasteiger partial charge on any atom is -0.492 e. The SMILES string of the molecule is CCOc1c(Br)cc(C=NNS(=O)(=O)c2ccc3ccccc3c2)cc1Br. The molecule has 0 fully saturated rings. The summed E-state index contributed by atoms with van der Waals surface area (Å²) in [4.78, 5) is 2.41. The van der Waals surface area contributed by atoms with Gasteiger partial charge in [0.25, 0.3) is 10.0 Å². The van der Waals surface area contributed by atoms with E-state index in [9.17, 15) is 8.42 Å². The monoisotopic (exact) mass is 510 g/mol. The Morgan fingerprint density at radius 1 is 1.04 bits per heavy atom. The fourth-order valence-corrected chi connectivity index (χ4v) is 4.77. The first kappa shape index (κ1) is 19.9. The molecule has 0 radical (unpaired) electrons. The average Bonchev–Trinajstić information content (AvgIpc) is 2.64. The molecule has 0 aromatic heterocycles. The van der Waals surface area contributed by atoms with E-state index >= 15 is 0 Å². The highest BCUT2D eigenvalue weighted by Gasteiger charge is 2.13. The first-order chi connectivity index (χ1) is 12.9. The smallest absolute Gasteiger partial charge is 0.276 e. The topological polar surface area (TPSA) is 67.8 Å². The Bertz CT molecular complexity index is 1090. The molecule has 3 aromatic carbocycles. The number of ether oxygens (including phenoxy) is 1. The summed E-state index contributed by atoms with van der Waals surface area (Å²) in [6, 6.07) is 16.1. The van der Waals surface area contributed by atoms with Crippen LogP contribution in [-0.4, -0.2) is 21.2 Å². The number of halogens is 2. The van der Waals surface area contributed by atoms with Crippen molar-refractivity contribution in [2.24, 2.45) is 5.10 Å². The summed E-state index contributed by atoms with van der Waals surface area (Å²) in [6.45, 7) is 2.44. The van der Waals surface area contributed by atoms with Crippen molar-refractivity contribution < 1.29 is 13.2 Å². The van der Waals surface area contributed by atoms with Gasteiger partial charge in [-0.1, -0.05) is 30.3 Å². The number of nitrogens with zero attached hydrogens (tertiary/aromatic N) is 1. The summed E-state index contributed by atoms with van der Waals surface area (Å²) in [6.07, 6.45) is 1.43. The lowest BCUT2D eigenvalue weighted by Crippen LogP contribution is -2.18. The predicted molar refractivity (Wildman–Crippen MR) is 115 cm³/mol. The molecule has 0 atom stereocenters. The van der Waals surface area contributed by atoms with Crippen LogP contribution >= 0.6 is 31.9 Å². The highest BCUT2D eigenvalue weighted by atomic mass is 79.9. The van der Waals surface area contributed by atoms with E-state index < -0.39 is 10.0 Å². The van der Waals surface area contributed by atoms with Crippen molar-refractivity contribution in [3.63, 3.8) is 0 Å². The van der Waals surface area contributed by atoms with Gasteiger partial charge in [-0.05, 0) is 79.4 Å². The zero-order valence-electron chi connectivity index (χ0n) is 14.3. The van der Waals surface area contributed by atoms with E-state index in [0.717, 1.165) is 19.7 Å². The molecule has 0 heterocycles. The number of fused-ring (bicyclic) bond motifs is 1. The fraction of sp³-hybridized carbons (Fsp3) is 0.105. The molecule has 8 heteroatoms. The van der Waals surface area contributed by atoms with Crippen molar-refractivity contribution in [1.82, 2.24) is 4.83 Å². The van der Waals surface area contributed by atoms with E-state index in [1.165, 1.54) is 6.21 Å². The van der Waals surface area contributed by atoms with Gasteiger partial charge in [-0.3, -0.25) is 0 Å². The van der Waals surface area contributed by atoms with E-state index in [1.807, 2.05) is 31.2 Å². The highest BCUT2D eigenvalue weighted by molar-refractivity contribution is 9.11. The van der Waals surface area contributed by atoms with Gasteiger partial charge in [0, 0.05) is 0 Å². The van der Waals surface area contributed by atoms with Crippen molar-refractivity contribution >= 4 is 58.9 Å². The van der Waals surface area contributed by atoms with Crippen LogP contribution in [0.2, 0.25) is 0 Å². The Balaban J connectivity index is 1.80. The van der Waals surface area contributed by atoms with Gasteiger partial charge in [-0.25, -0.2) is 4.83 Å². The average molecular weight is 512 g/mol. The number of nitrogens with one attached hydrogen (secondary N) is 1. The fourth-order valence-electron chi connectivity index (χ4n) is 2.49. The molecule has 0 saturated heterocycles. The van der Waals surface area contributed by atoms with Crippen LogP contribution in [0.5, 0.6) is 5.75 Å². The molecule has 5 nitrogen and oxygen atoms in total. The highest BCUT2D eigenvalue weighted by Crippen LogP contribution is 2.34. The number of sulfonamides is 1. The summed E-state index contributed by atoms with van der Waals surface area (Å²) in [7, 11) is -3.75. The van der Waals surface area contributed by atoms with E-state index in [1.54, 1.807) is 30.3 Å². The summed E-state index contributed by atoms with van der Waals surface area (Å²) >= 11 is 6.87. The summed E-state index contributed by atoms with van der Waals surface area (Å²) in [5.41, 5.74) is 0.707. The zero-order valence-corrected chi connectivity index (χ0v) is 18.3. The maximum atomic E-state index is 12.5. The van der Waals surface area contributed by atoms with Crippen LogP contribution < -0.4 is 9.57 Å². The Kier molecular flexibility index (Phi) is 6.18. The Labute approximate surface area is 174 Å². The van der Waals surface area contributed by atoms with Crippen molar-refractivity contribution in [3.8, 4) is 5.75 Å². The molecule has 1 N–H and O–H groups in total. The lowest BCUT2D eigenvalue weighted by Gasteiger charge is -2.09. The van der Waals surface area contributed by atoms with Crippen LogP contribution in [0, 0.1) is 0 Å². The van der Waals surface area contributed by atoms with E-state index in [2.05, 4.69) is 41.8 Å². The number of hydrogen-bond acceptors (Lipinski definition) is 4. The second-order valence-corrected chi connectivity index (χ2v) is 8.98. The van der Waals surface area contributed by atoms with Crippen LogP contribution in [0.3, 0.4) is 0 Å². The largest absolute Gasteiger partial charge is 0.492 e. The number of benzene rings is 3. The van der Waals surface area contributed by atoms with Crippen LogP contribution in [0.1, 0.15) is 12.5 Å². The third kappa shape index (κ3) is 4.69. The summed E-state index contributed by atoms with van der Waals surface area (Å²) in [5.74, 6) is 0.686. The molecule has 27 heavy (non-hydrogen) atoms. The van der Waals surface area contributed by atoms with Crippen LogP contribution in [-0.2, 0) is 10.0 Å². The second kappa shape index (κ2) is 8.41. The third-order valence-corrected chi connectivity index (χ3v) is 6.13. The normalized spacial score (nSPS) is 11.8. The van der Waals surface area contributed by atoms with Gasteiger partial charge in [0.2, 0.25) is 0 Å². The molecule has 0 spiro atoms. The number of hydrogen-bond donors (Lipinski definition) is 1. The lowest BCUT2D eigenvalue weighted by atomic mass is 10.1. The molecule has 0 aliphatic carbocycles. The summed E-state index contributed by atoms with van der Waals surface area (Å²) < 4.78 is 32.0. The minimum absolute atomic E-state index is 0.160.